The summed E-state index contributed by atoms with van der Waals surface area (Å²) in [7, 11) is 0. The van der Waals surface area contributed by atoms with Gasteiger partial charge in [-0.1, -0.05) is 23.8 Å². The molecule has 88 valence electrons. The van der Waals surface area contributed by atoms with E-state index < -0.39 is 0 Å². The summed E-state index contributed by atoms with van der Waals surface area (Å²) in [4.78, 5) is 7.11. The highest BCUT2D eigenvalue weighted by Crippen LogP contribution is 2.18. The summed E-state index contributed by atoms with van der Waals surface area (Å²) >= 11 is 0. The van der Waals surface area contributed by atoms with Gasteiger partial charge in [0.25, 0.3) is 0 Å². The van der Waals surface area contributed by atoms with Crippen LogP contribution in [0.1, 0.15) is 29.3 Å². The summed E-state index contributed by atoms with van der Waals surface area (Å²) in [6, 6.07) is 6.46. The maximum atomic E-state index is 4.02. The van der Waals surface area contributed by atoms with Crippen molar-refractivity contribution in [1.29, 1.82) is 0 Å². The molecule has 1 heterocycles. The van der Waals surface area contributed by atoms with Crippen LogP contribution in [-0.4, -0.2) is 9.97 Å². The van der Waals surface area contributed by atoms with Crippen LogP contribution in [0.5, 0.6) is 0 Å². The summed E-state index contributed by atoms with van der Waals surface area (Å²) in [6.45, 7) is 6.50. The number of H-pyrrole nitrogens is 1. The number of benzene rings is 1. The molecule has 1 aromatic carbocycles. The van der Waals surface area contributed by atoms with Crippen molar-refractivity contribution < 1.29 is 0 Å². The molecular formula is C15H18N2. The monoisotopic (exact) mass is 226 g/mol. The van der Waals surface area contributed by atoms with Gasteiger partial charge < -0.3 is 4.98 Å². The van der Waals surface area contributed by atoms with Crippen LogP contribution in [0.15, 0.2) is 36.3 Å². The van der Waals surface area contributed by atoms with Crippen LogP contribution >= 0.6 is 0 Å². The molecule has 0 radical (unpaired) electrons. The Hall–Kier alpha value is -1.83. The molecule has 2 heteroatoms. The average molecular weight is 226 g/mol. The molecule has 0 fully saturated rings. The first-order chi connectivity index (χ1) is 8.16. The van der Waals surface area contributed by atoms with Crippen molar-refractivity contribution in [2.45, 2.75) is 27.2 Å². The van der Waals surface area contributed by atoms with Crippen molar-refractivity contribution in [1.82, 2.24) is 9.97 Å². The van der Waals surface area contributed by atoms with Crippen LogP contribution in [0.3, 0.4) is 0 Å². The standard InChI is InChI=1S/C15H18N2/c1-11(7-14-9-16-10-17-14)8-15-12(2)5-4-6-13(15)3/h4-7,9-10H,8H2,1-3H3,(H,16,17). The Bertz CT molecular complexity index is 502. The summed E-state index contributed by atoms with van der Waals surface area (Å²) in [5.74, 6) is 0. The Morgan fingerprint density at radius 3 is 2.59 bits per heavy atom. The maximum absolute atomic E-state index is 4.02. The van der Waals surface area contributed by atoms with E-state index in [1.54, 1.807) is 6.33 Å². The third-order valence-electron chi connectivity index (χ3n) is 3.02. The second kappa shape index (κ2) is 5.00. The van der Waals surface area contributed by atoms with Crippen molar-refractivity contribution in [3.63, 3.8) is 0 Å². The van der Waals surface area contributed by atoms with E-state index in [4.69, 9.17) is 0 Å². The van der Waals surface area contributed by atoms with Gasteiger partial charge in [0, 0.05) is 0 Å². The molecule has 0 aliphatic rings. The molecule has 0 aliphatic carbocycles. The predicted octanol–water partition coefficient (Wildman–Crippen LogP) is 3.67. The second-order valence-electron chi connectivity index (χ2n) is 4.54. The summed E-state index contributed by atoms with van der Waals surface area (Å²) < 4.78 is 0. The topological polar surface area (TPSA) is 28.7 Å². The number of rotatable bonds is 3. The van der Waals surface area contributed by atoms with Crippen LogP contribution < -0.4 is 0 Å². The van der Waals surface area contributed by atoms with Crippen molar-refractivity contribution in [2.75, 3.05) is 0 Å². The molecule has 2 aromatic rings. The van der Waals surface area contributed by atoms with Gasteiger partial charge in [-0.25, -0.2) is 4.98 Å². The molecule has 1 aromatic heterocycles. The van der Waals surface area contributed by atoms with Crippen molar-refractivity contribution in [3.8, 4) is 0 Å². The molecule has 2 rings (SSSR count). The van der Waals surface area contributed by atoms with Gasteiger partial charge in [0.1, 0.15) is 0 Å². The minimum Gasteiger partial charge on any atom is -0.345 e. The SMILES string of the molecule is CC(=Cc1cnc[nH]1)Cc1c(C)cccc1C. The summed E-state index contributed by atoms with van der Waals surface area (Å²) in [5.41, 5.74) is 6.56. The number of nitrogens with one attached hydrogen (secondary N) is 1. The Kier molecular flexibility index (Phi) is 3.43. The van der Waals surface area contributed by atoms with Gasteiger partial charge in [-0.2, -0.15) is 0 Å². The van der Waals surface area contributed by atoms with Gasteiger partial charge in [-0.3, -0.25) is 0 Å². The largest absolute Gasteiger partial charge is 0.345 e. The maximum Gasteiger partial charge on any atom is 0.0924 e. The van der Waals surface area contributed by atoms with Crippen LogP contribution in [0.2, 0.25) is 0 Å². The molecule has 0 amide bonds. The average Bonchev–Trinajstić information content (AvgIpc) is 2.76. The number of allylic oxidation sites excluding steroid dienone is 1. The van der Waals surface area contributed by atoms with Crippen molar-refractivity contribution >= 4 is 6.08 Å². The van der Waals surface area contributed by atoms with E-state index in [1.807, 2.05) is 6.20 Å². The molecule has 0 saturated heterocycles. The molecular weight excluding hydrogens is 208 g/mol. The van der Waals surface area contributed by atoms with E-state index in [0.717, 1.165) is 12.1 Å². The fourth-order valence-corrected chi connectivity index (χ4v) is 2.07. The Balaban J connectivity index is 2.21. The predicted molar refractivity (Wildman–Crippen MR) is 71.9 cm³/mol. The number of hydrogen-bond donors (Lipinski definition) is 1. The summed E-state index contributed by atoms with van der Waals surface area (Å²) in [6.07, 6.45) is 6.70. The Morgan fingerprint density at radius 1 is 1.29 bits per heavy atom. The first-order valence-corrected chi connectivity index (χ1v) is 5.87. The smallest absolute Gasteiger partial charge is 0.0924 e. The molecule has 0 aliphatic heterocycles. The van der Waals surface area contributed by atoms with Gasteiger partial charge in [0.15, 0.2) is 0 Å². The van der Waals surface area contributed by atoms with Crippen LogP contribution in [0.25, 0.3) is 6.08 Å². The van der Waals surface area contributed by atoms with E-state index >= 15 is 0 Å². The molecule has 0 spiro atoms. The van der Waals surface area contributed by atoms with Crippen LogP contribution in [0, 0.1) is 13.8 Å². The quantitative estimate of drug-likeness (QED) is 0.849. The zero-order chi connectivity index (χ0) is 12.3. The number of aromatic nitrogens is 2. The zero-order valence-corrected chi connectivity index (χ0v) is 10.6. The first kappa shape index (κ1) is 11.6. The summed E-state index contributed by atoms with van der Waals surface area (Å²) in [5, 5.41) is 0. The Morgan fingerprint density at radius 2 is 2.00 bits per heavy atom. The number of aromatic amines is 1. The van der Waals surface area contributed by atoms with E-state index in [9.17, 15) is 0 Å². The number of nitrogens with zero attached hydrogens (tertiary/aromatic N) is 1. The minimum absolute atomic E-state index is 0.998. The Labute approximate surface area is 102 Å². The lowest BCUT2D eigenvalue weighted by atomic mass is 9.96. The van der Waals surface area contributed by atoms with Gasteiger partial charge >= 0.3 is 0 Å². The second-order valence-corrected chi connectivity index (χ2v) is 4.54. The molecule has 2 nitrogen and oxygen atoms in total. The van der Waals surface area contributed by atoms with Crippen molar-refractivity contribution in [2.24, 2.45) is 0 Å². The van der Waals surface area contributed by atoms with E-state index in [-0.39, 0.29) is 0 Å². The van der Waals surface area contributed by atoms with Crippen LogP contribution in [-0.2, 0) is 6.42 Å². The van der Waals surface area contributed by atoms with Gasteiger partial charge in [0.05, 0.1) is 18.2 Å². The van der Waals surface area contributed by atoms with E-state index in [0.29, 0.717) is 0 Å². The van der Waals surface area contributed by atoms with Crippen LogP contribution in [0.4, 0.5) is 0 Å². The van der Waals surface area contributed by atoms with Gasteiger partial charge in [-0.05, 0) is 50.0 Å². The molecule has 0 unspecified atom stereocenters. The number of aryl methyl sites for hydroxylation is 2. The van der Waals surface area contributed by atoms with Gasteiger partial charge in [0.2, 0.25) is 0 Å². The van der Waals surface area contributed by atoms with E-state index in [2.05, 4.69) is 55.0 Å². The third kappa shape index (κ3) is 2.84. The van der Waals surface area contributed by atoms with Gasteiger partial charge in [-0.15, -0.1) is 0 Å². The normalized spacial score (nSPS) is 11.8. The number of hydrogen-bond acceptors (Lipinski definition) is 1. The fraction of sp³-hybridized carbons (Fsp3) is 0.267. The molecule has 0 bridgehead atoms. The van der Waals surface area contributed by atoms with Crippen molar-refractivity contribution in [3.05, 3.63) is 58.7 Å². The highest BCUT2D eigenvalue weighted by atomic mass is 14.8. The molecule has 17 heavy (non-hydrogen) atoms. The van der Waals surface area contributed by atoms with E-state index in [1.165, 1.54) is 22.3 Å². The minimum atomic E-state index is 0.998. The first-order valence-electron chi connectivity index (χ1n) is 5.87. The lowest BCUT2D eigenvalue weighted by Crippen LogP contribution is -1.94. The highest BCUT2D eigenvalue weighted by molar-refractivity contribution is 5.49. The zero-order valence-electron chi connectivity index (χ0n) is 10.6. The lowest BCUT2D eigenvalue weighted by Gasteiger charge is -2.09. The number of imidazole rings is 1. The molecule has 1 N–H and O–H groups in total. The highest BCUT2D eigenvalue weighted by Gasteiger charge is 2.03. The molecule has 0 saturated carbocycles. The fourth-order valence-electron chi connectivity index (χ4n) is 2.07. The molecule has 0 atom stereocenters. The third-order valence-corrected chi connectivity index (χ3v) is 3.02. The lowest BCUT2D eigenvalue weighted by molar-refractivity contribution is 1.10.